The SMILES string of the molecule is Cc1ccc(CC(=O)NC2N=C(c3ccccc3)c3ccccc3N(CC(F)(F)F)C2=O)c(Cl)c1. The molecule has 1 aliphatic rings. The zero-order valence-corrected chi connectivity index (χ0v) is 19.4. The third-order valence-electron chi connectivity index (χ3n) is 5.45. The highest BCUT2D eigenvalue weighted by molar-refractivity contribution is 6.31. The molecule has 3 aromatic rings. The number of hydrogen-bond donors (Lipinski definition) is 1. The number of aryl methyl sites for hydroxylation is 1. The average molecular weight is 500 g/mol. The first-order chi connectivity index (χ1) is 16.6. The van der Waals surface area contributed by atoms with Gasteiger partial charge in [-0.25, -0.2) is 4.99 Å². The van der Waals surface area contributed by atoms with Crippen LogP contribution < -0.4 is 10.2 Å². The summed E-state index contributed by atoms with van der Waals surface area (Å²) < 4.78 is 40.4. The van der Waals surface area contributed by atoms with Crippen molar-refractivity contribution in [3.05, 3.63) is 100 Å². The van der Waals surface area contributed by atoms with Gasteiger partial charge in [-0.3, -0.25) is 14.5 Å². The molecule has 0 aliphatic carbocycles. The number of benzene rings is 3. The van der Waals surface area contributed by atoms with Crippen LogP contribution in [0.4, 0.5) is 18.9 Å². The molecule has 1 N–H and O–H groups in total. The fourth-order valence-corrected chi connectivity index (χ4v) is 4.17. The first kappa shape index (κ1) is 24.5. The number of benzodiazepines with no additional fused rings is 1. The maximum absolute atomic E-state index is 13.5. The maximum atomic E-state index is 13.5. The van der Waals surface area contributed by atoms with Gasteiger partial charge in [-0.05, 0) is 30.2 Å². The summed E-state index contributed by atoms with van der Waals surface area (Å²) in [5, 5.41) is 2.89. The van der Waals surface area contributed by atoms with E-state index in [1.165, 1.54) is 6.07 Å². The number of para-hydroxylation sites is 1. The van der Waals surface area contributed by atoms with Crippen molar-refractivity contribution in [3.63, 3.8) is 0 Å². The standard InChI is InChI=1S/C26H21ClF3N3O2/c1-16-11-12-18(20(27)13-16)14-22(34)31-24-25(35)33(15-26(28,29)30)21-10-6-5-9-19(21)23(32-24)17-7-3-2-4-8-17/h2-13,24H,14-15H2,1H3,(H,31,34). The van der Waals surface area contributed by atoms with Crippen molar-refractivity contribution in [3.8, 4) is 0 Å². The first-order valence-corrected chi connectivity index (χ1v) is 11.2. The van der Waals surface area contributed by atoms with Crippen LogP contribution in [-0.2, 0) is 16.0 Å². The molecule has 0 bridgehead atoms. The smallest absolute Gasteiger partial charge is 0.326 e. The molecule has 2 amide bonds. The Morgan fingerprint density at radius 3 is 2.43 bits per heavy atom. The van der Waals surface area contributed by atoms with Crippen LogP contribution in [0.5, 0.6) is 0 Å². The van der Waals surface area contributed by atoms with Crippen molar-refractivity contribution in [1.29, 1.82) is 0 Å². The highest BCUT2D eigenvalue weighted by atomic mass is 35.5. The lowest BCUT2D eigenvalue weighted by molar-refractivity contribution is -0.134. The summed E-state index contributed by atoms with van der Waals surface area (Å²) in [5.74, 6) is -1.58. The number of nitrogens with one attached hydrogen (secondary N) is 1. The normalized spacial score (nSPS) is 15.8. The highest BCUT2D eigenvalue weighted by Crippen LogP contribution is 2.31. The number of carbonyl (C=O) groups excluding carboxylic acids is 2. The summed E-state index contributed by atoms with van der Waals surface area (Å²) >= 11 is 6.22. The topological polar surface area (TPSA) is 61.8 Å². The van der Waals surface area contributed by atoms with Crippen LogP contribution in [0, 0.1) is 6.92 Å². The summed E-state index contributed by atoms with van der Waals surface area (Å²) in [4.78, 5) is 31.3. The van der Waals surface area contributed by atoms with Crippen molar-refractivity contribution >= 4 is 34.8 Å². The molecule has 0 radical (unpaired) electrons. The minimum absolute atomic E-state index is 0.0655. The van der Waals surface area contributed by atoms with E-state index in [1.807, 2.05) is 6.92 Å². The molecular formula is C26H21ClF3N3O2. The summed E-state index contributed by atoms with van der Waals surface area (Å²) in [6, 6.07) is 20.2. The van der Waals surface area contributed by atoms with Gasteiger partial charge in [0.2, 0.25) is 12.1 Å². The molecule has 1 atom stereocenters. The fraction of sp³-hybridized carbons (Fsp3) is 0.192. The quantitative estimate of drug-likeness (QED) is 0.532. The predicted octanol–water partition coefficient (Wildman–Crippen LogP) is 5.08. The lowest BCUT2D eigenvalue weighted by Crippen LogP contribution is -2.50. The first-order valence-electron chi connectivity index (χ1n) is 10.8. The van der Waals surface area contributed by atoms with Crippen LogP contribution >= 0.6 is 11.6 Å². The number of nitrogens with zero attached hydrogens (tertiary/aromatic N) is 2. The Bertz CT molecular complexity index is 1290. The molecule has 0 spiro atoms. The number of anilines is 1. The Morgan fingerprint density at radius 1 is 1.06 bits per heavy atom. The number of fused-ring (bicyclic) bond motifs is 1. The van der Waals surface area contributed by atoms with E-state index in [1.54, 1.807) is 66.7 Å². The van der Waals surface area contributed by atoms with Gasteiger partial charge in [-0.15, -0.1) is 0 Å². The fourth-order valence-electron chi connectivity index (χ4n) is 3.86. The molecule has 180 valence electrons. The predicted molar refractivity (Wildman–Crippen MR) is 129 cm³/mol. The number of aliphatic imine (C=N–C) groups is 1. The Hall–Kier alpha value is -3.65. The molecule has 9 heteroatoms. The zero-order valence-electron chi connectivity index (χ0n) is 18.6. The molecule has 0 aromatic heterocycles. The number of hydrogen-bond acceptors (Lipinski definition) is 3. The number of amides is 2. The monoisotopic (exact) mass is 499 g/mol. The molecular weight excluding hydrogens is 479 g/mol. The summed E-state index contributed by atoms with van der Waals surface area (Å²) in [5.41, 5.74) is 2.76. The van der Waals surface area contributed by atoms with E-state index < -0.39 is 30.7 Å². The second-order valence-corrected chi connectivity index (χ2v) is 8.55. The Morgan fingerprint density at radius 2 is 1.74 bits per heavy atom. The molecule has 1 aliphatic heterocycles. The number of halogens is 4. The van der Waals surface area contributed by atoms with Crippen molar-refractivity contribution in [2.24, 2.45) is 4.99 Å². The highest BCUT2D eigenvalue weighted by Gasteiger charge is 2.39. The maximum Gasteiger partial charge on any atom is 0.406 e. The Kier molecular flexibility index (Phi) is 6.93. The van der Waals surface area contributed by atoms with E-state index in [-0.39, 0.29) is 12.1 Å². The van der Waals surface area contributed by atoms with Crippen LogP contribution in [0.2, 0.25) is 5.02 Å². The van der Waals surface area contributed by atoms with Crippen LogP contribution in [0.3, 0.4) is 0 Å². The number of rotatable bonds is 5. The molecule has 5 nitrogen and oxygen atoms in total. The van der Waals surface area contributed by atoms with Crippen molar-refractivity contribution in [2.45, 2.75) is 25.7 Å². The minimum atomic E-state index is -4.66. The van der Waals surface area contributed by atoms with Gasteiger partial charge < -0.3 is 5.32 Å². The van der Waals surface area contributed by atoms with Crippen LogP contribution in [0.1, 0.15) is 22.3 Å². The van der Waals surface area contributed by atoms with E-state index >= 15 is 0 Å². The molecule has 0 fully saturated rings. The van der Waals surface area contributed by atoms with Gasteiger partial charge in [0.15, 0.2) is 0 Å². The van der Waals surface area contributed by atoms with Gasteiger partial charge in [-0.2, -0.15) is 13.2 Å². The second-order valence-electron chi connectivity index (χ2n) is 8.14. The molecule has 35 heavy (non-hydrogen) atoms. The van der Waals surface area contributed by atoms with Crippen LogP contribution in [0.25, 0.3) is 0 Å². The second kappa shape index (κ2) is 9.92. The van der Waals surface area contributed by atoms with Gasteiger partial charge in [0, 0.05) is 16.1 Å². The Labute approximate surface area is 205 Å². The molecule has 3 aromatic carbocycles. The van der Waals surface area contributed by atoms with E-state index in [2.05, 4.69) is 10.3 Å². The molecule has 0 saturated carbocycles. The van der Waals surface area contributed by atoms with Gasteiger partial charge in [-0.1, -0.05) is 72.3 Å². The van der Waals surface area contributed by atoms with E-state index in [4.69, 9.17) is 11.6 Å². The van der Waals surface area contributed by atoms with Gasteiger partial charge in [0.25, 0.3) is 5.91 Å². The molecule has 4 rings (SSSR count). The summed E-state index contributed by atoms with van der Waals surface area (Å²) in [6.45, 7) is 0.337. The lowest BCUT2D eigenvalue weighted by Gasteiger charge is -2.26. The largest absolute Gasteiger partial charge is 0.406 e. The van der Waals surface area contributed by atoms with E-state index in [0.717, 1.165) is 5.56 Å². The third-order valence-corrected chi connectivity index (χ3v) is 5.80. The molecule has 1 heterocycles. The van der Waals surface area contributed by atoms with E-state index in [9.17, 15) is 22.8 Å². The summed E-state index contributed by atoms with van der Waals surface area (Å²) in [6.07, 6.45) is -6.38. The zero-order chi connectivity index (χ0) is 25.2. The lowest BCUT2D eigenvalue weighted by atomic mass is 10.0. The van der Waals surface area contributed by atoms with Gasteiger partial charge in [0.1, 0.15) is 6.54 Å². The minimum Gasteiger partial charge on any atom is -0.326 e. The average Bonchev–Trinajstić information content (AvgIpc) is 2.91. The van der Waals surface area contributed by atoms with Crippen molar-refractivity contribution < 1.29 is 22.8 Å². The van der Waals surface area contributed by atoms with E-state index in [0.29, 0.717) is 32.3 Å². The van der Waals surface area contributed by atoms with Gasteiger partial charge in [0.05, 0.1) is 17.8 Å². The van der Waals surface area contributed by atoms with Crippen molar-refractivity contribution in [2.75, 3.05) is 11.4 Å². The third kappa shape index (κ3) is 5.71. The molecule has 1 unspecified atom stereocenters. The van der Waals surface area contributed by atoms with Gasteiger partial charge >= 0.3 is 6.18 Å². The van der Waals surface area contributed by atoms with Crippen LogP contribution in [0.15, 0.2) is 77.8 Å². The van der Waals surface area contributed by atoms with Crippen molar-refractivity contribution in [1.82, 2.24) is 5.32 Å². The van der Waals surface area contributed by atoms with Crippen LogP contribution in [-0.4, -0.2) is 36.4 Å². The number of carbonyl (C=O) groups is 2. The Balaban J connectivity index is 1.75. The molecule has 0 saturated heterocycles. The number of alkyl halides is 3. The summed E-state index contributed by atoms with van der Waals surface area (Å²) in [7, 11) is 0.